The van der Waals surface area contributed by atoms with Crippen molar-refractivity contribution < 1.29 is 13.9 Å². The maximum absolute atomic E-state index is 12.7. The number of benzene rings is 1. The average Bonchev–Trinajstić information content (AvgIpc) is 3.24. The number of carbonyl (C=O) groups is 1. The van der Waals surface area contributed by atoms with E-state index in [4.69, 9.17) is 9.15 Å². The van der Waals surface area contributed by atoms with Gasteiger partial charge in [-0.1, -0.05) is 42.1 Å². The van der Waals surface area contributed by atoms with Crippen LogP contribution in [-0.4, -0.2) is 40.0 Å². The molecule has 0 aliphatic heterocycles. The second-order valence-corrected chi connectivity index (χ2v) is 7.72. The molecule has 6 nitrogen and oxygen atoms in total. The molecule has 2 aromatic heterocycles. The van der Waals surface area contributed by atoms with E-state index in [1.807, 2.05) is 50.2 Å². The predicted molar refractivity (Wildman–Crippen MR) is 109 cm³/mol. The quantitative estimate of drug-likeness (QED) is 0.395. The first kappa shape index (κ1) is 20.4. The summed E-state index contributed by atoms with van der Waals surface area (Å²) in [5.74, 6) is 0.861. The molecule has 0 bridgehead atoms. The van der Waals surface area contributed by atoms with E-state index in [-0.39, 0.29) is 17.6 Å². The van der Waals surface area contributed by atoms with Gasteiger partial charge in [-0.3, -0.25) is 4.79 Å². The van der Waals surface area contributed by atoms with Gasteiger partial charge in [-0.15, -0.1) is 10.2 Å². The van der Waals surface area contributed by atoms with Crippen LogP contribution >= 0.6 is 11.8 Å². The Bertz CT molecular complexity index is 934. The number of ether oxygens (including phenoxy) is 1. The Morgan fingerprint density at radius 3 is 2.71 bits per heavy atom. The normalized spacial score (nSPS) is 12.3. The van der Waals surface area contributed by atoms with Gasteiger partial charge in [0.05, 0.1) is 24.8 Å². The number of Topliss-reactive ketones (excluding diaryl/α,β-unsaturated/α-hetero) is 1. The molecule has 0 spiro atoms. The zero-order valence-corrected chi connectivity index (χ0v) is 17.5. The van der Waals surface area contributed by atoms with Crippen LogP contribution in [0.4, 0.5) is 0 Å². The van der Waals surface area contributed by atoms with Crippen LogP contribution in [0.1, 0.15) is 46.2 Å². The molecule has 28 heavy (non-hydrogen) atoms. The van der Waals surface area contributed by atoms with Gasteiger partial charge in [-0.2, -0.15) is 0 Å². The summed E-state index contributed by atoms with van der Waals surface area (Å²) < 4.78 is 13.1. The third-order valence-corrected chi connectivity index (χ3v) is 5.43. The molecule has 1 atom stereocenters. The Labute approximate surface area is 169 Å². The van der Waals surface area contributed by atoms with Gasteiger partial charge in [0.25, 0.3) is 5.22 Å². The Morgan fingerprint density at radius 1 is 1.25 bits per heavy atom. The molecule has 0 N–H and O–H groups in total. The molecule has 1 aromatic carbocycles. The van der Waals surface area contributed by atoms with E-state index in [0.29, 0.717) is 24.1 Å². The van der Waals surface area contributed by atoms with Crippen molar-refractivity contribution in [2.24, 2.45) is 0 Å². The fraction of sp³-hybridized carbons (Fsp3) is 0.381. The molecule has 0 fully saturated rings. The standard InChI is InChI=1S/C21H25N3O3S/c1-14-10-18(16(3)24(14)15(2)12-26-4)19(25)13-28-21-23-22-20(27-21)11-17-8-6-5-7-9-17/h5-10,15H,11-13H2,1-4H3/t15-/m0/s1. The van der Waals surface area contributed by atoms with Crippen LogP contribution in [-0.2, 0) is 11.2 Å². The lowest BCUT2D eigenvalue weighted by Gasteiger charge is -2.17. The van der Waals surface area contributed by atoms with Crippen LogP contribution in [0, 0.1) is 13.8 Å². The minimum atomic E-state index is 0.0526. The van der Waals surface area contributed by atoms with Gasteiger partial charge in [-0.25, -0.2) is 0 Å². The molecule has 2 heterocycles. The van der Waals surface area contributed by atoms with Gasteiger partial charge in [0.1, 0.15) is 0 Å². The van der Waals surface area contributed by atoms with E-state index in [1.165, 1.54) is 11.8 Å². The molecule has 0 unspecified atom stereocenters. The van der Waals surface area contributed by atoms with Crippen molar-refractivity contribution in [3.05, 3.63) is 64.8 Å². The van der Waals surface area contributed by atoms with Crippen LogP contribution < -0.4 is 0 Å². The smallest absolute Gasteiger partial charge is 0.277 e. The molecule has 0 saturated heterocycles. The minimum absolute atomic E-state index is 0.0526. The summed E-state index contributed by atoms with van der Waals surface area (Å²) in [6.45, 7) is 6.67. The number of thioether (sulfide) groups is 1. The molecule has 0 aliphatic carbocycles. The van der Waals surface area contributed by atoms with Crippen molar-refractivity contribution in [1.82, 2.24) is 14.8 Å². The maximum atomic E-state index is 12.7. The number of nitrogens with zero attached hydrogens (tertiary/aromatic N) is 3. The number of rotatable bonds is 9. The number of aryl methyl sites for hydroxylation is 1. The molecule has 3 aromatic rings. The zero-order chi connectivity index (χ0) is 20.1. The van der Waals surface area contributed by atoms with E-state index in [1.54, 1.807) is 7.11 Å². The van der Waals surface area contributed by atoms with Gasteiger partial charge in [-0.05, 0) is 32.4 Å². The third-order valence-electron chi connectivity index (χ3n) is 4.61. The highest BCUT2D eigenvalue weighted by Crippen LogP contribution is 2.24. The summed E-state index contributed by atoms with van der Waals surface area (Å²) in [5.41, 5.74) is 3.86. The summed E-state index contributed by atoms with van der Waals surface area (Å²) in [6.07, 6.45) is 0.584. The highest BCUT2D eigenvalue weighted by Gasteiger charge is 2.19. The number of hydrogen-bond donors (Lipinski definition) is 0. The lowest BCUT2D eigenvalue weighted by Crippen LogP contribution is -2.14. The van der Waals surface area contributed by atoms with Gasteiger partial charge in [0.15, 0.2) is 5.78 Å². The average molecular weight is 400 g/mol. The first-order valence-electron chi connectivity index (χ1n) is 9.19. The molecule has 7 heteroatoms. The van der Waals surface area contributed by atoms with Gasteiger partial charge in [0, 0.05) is 24.1 Å². The van der Waals surface area contributed by atoms with E-state index in [9.17, 15) is 4.79 Å². The van der Waals surface area contributed by atoms with Crippen molar-refractivity contribution >= 4 is 17.5 Å². The number of methoxy groups -OCH3 is 1. The second kappa shape index (κ2) is 9.21. The molecule has 0 aliphatic rings. The topological polar surface area (TPSA) is 70.2 Å². The fourth-order valence-corrected chi connectivity index (χ4v) is 4.06. The van der Waals surface area contributed by atoms with Crippen LogP contribution in [0.25, 0.3) is 0 Å². The summed E-state index contributed by atoms with van der Waals surface area (Å²) in [4.78, 5) is 12.7. The monoisotopic (exact) mass is 399 g/mol. The molecule has 148 valence electrons. The Hall–Kier alpha value is -2.38. The highest BCUT2D eigenvalue weighted by molar-refractivity contribution is 7.99. The summed E-state index contributed by atoms with van der Waals surface area (Å²) in [5, 5.41) is 8.54. The number of ketones is 1. The van der Waals surface area contributed by atoms with Gasteiger partial charge >= 0.3 is 0 Å². The maximum Gasteiger partial charge on any atom is 0.277 e. The zero-order valence-electron chi connectivity index (χ0n) is 16.6. The minimum Gasteiger partial charge on any atom is -0.416 e. The Kier molecular flexibility index (Phi) is 6.70. The SMILES string of the molecule is COC[C@H](C)n1c(C)cc(C(=O)CSc2nnc(Cc3ccccc3)o2)c1C. The van der Waals surface area contributed by atoms with Crippen LogP contribution in [0.5, 0.6) is 0 Å². The fourth-order valence-electron chi connectivity index (χ4n) is 3.40. The van der Waals surface area contributed by atoms with Gasteiger partial charge in [0.2, 0.25) is 5.89 Å². The predicted octanol–water partition coefficient (Wildman–Crippen LogP) is 4.26. The van der Waals surface area contributed by atoms with Crippen molar-refractivity contribution in [3.8, 4) is 0 Å². The molecule has 0 radical (unpaired) electrons. The Morgan fingerprint density at radius 2 is 2.00 bits per heavy atom. The summed E-state index contributed by atoms with van der Waals surface area (Å²) >= 11 is 1.27. The molecular weight excluding hydrogens is 374 g/mol. The first-order valence-corrected chi connectivity index (χ1v) is 10.2. The van der Waals surface area contributed by atoms with Crippen LogP contribution in [0.15, 0.2) is 46.0 Å². The largest absolute Gasteiger partial charge is 0.416 e. The van der Waals surface area contributed by atoms with Crippen molar-refractivity contribution in [2.45, 2.75) is 38.5 Å². The molecular formula is C21H25N3O3S. The van der Waals surface area contributed by atoms with Crippen LogP contribution in [0.2, 0.25) is 0 Å². The van der Waals surface area contributed by atoms with E-state index >= 15 is 0 Å². The summed E-state index contributed by atoms with van der Waals surface area (Å²) in [7, 11) is 1.68. The molecule has 3 rings (SSSR count). The third kappa shape index (κ3) is 4.72. The second-order valence-electron chi connectivity index (χ2n) is 6.80. The van der Waals surface area contributed by atoms with Crippen LogP contribution in [0.3, 0.4) is 0 Å². The number of hydrogen-bond acceptors (Lipinski definition) is 6. The first-order chi connectivity index (χ1) is 13.5. The van der Waals surface area contributed by atoms with Crippen molar-refractivity contribution in [3.63, 3.8) is 0 Å². The van der Waals surface area contributed by atoms with E-state index < -0.39 is 0 Å². The number of carbonyl (C=O) groups excluding carboxylic acids is 1. The number of aromatic nitrogens is 3. The lowest BCUT2D eigenvalue weighted by molar-refractivity contribution is 0.102. The van der Waals surface area contributed by atoms with Crippen molar-refractivity contribution in [2.75, 3.05) is 19.5 Å². The summed E-state index contributed by atoms with van der Waals surface area (Å²) in [6, 6.07) is 12.1. The van der Waals surface area contributed by atoms with E-state index in [0.717, 1.165) is 22.5 Å². The van der Waals surface area contributed by atoms with Gasteiger partial charge < -0.3 is 13.7 Å². The molecule has 0 amide bonds. The Balaban J connectivity index is 1.63. The molecule has 0 saturated carbocycles. The van der Waals surface area contributed by atoms with Crippen molar-refractivity contribution in [1.29, 1.82) is 0 Å². The lowest BCUT2D eigenvalue weighted by atomic mass is 10.2. The highest BCUT2D eigenvalue weighted by atomic mass is 32.2. The van der Waals surface area contributed by atoms with E-state index in [2.05, 4.69) is 21.7 Å².